The summed E-state index contributed by atoms with van der Waals surface area (Å²) in [6.07, 6.45) is 1.24. The van der Waals surface area contributed by atoms with Crippen LogP contribution in [0.2, 0.25) is 0 Å². The second-order valence-corrected chi connectivity index (χ2v) is 8.67. The summed E-state index contributed by atoms with van der Waals surface area (Å²) >= 11 is 0. The van der Waals surface area contributed by atoms with Gasteiger partial charge in [-0.1, -0.05) is 29.8 Å². The number of carbonyl (C=O) groups excluding carboxylic acids is 1. The molecule has 0 aliphatic heterocycles. The lowest BCUT2D eigenvalue weighted by atomic mass is 10.1. The number of rotatable bonds is 8. The van der Waals surface area contributed by atoms with Gasteiger partial charge in [-0.3, -0.25) is 9.10 Å². The zero-order valence-electron chi connectivity index (χ0n) is 16.3. The number of benzene rings is 2. The van der Waals surface area contributed by atoms with Gasteiger partial charge in [0.25, 0.3) is 0 Å². The summed E-state index contributed by atoms with van der Waals surface area (Å²) in [5, 5.41) is 2.83. The molecule has 2 aromatic carbocycles. The van der Waals surface area contributed by atoms with Crippen LogP contribution in [-0.2, 0) is 21.4 Å². The van der Waals surface area contributed by atoms with E-state index in [9.17, 15) is 13.2 Å². The van der Waals surface area contributed by atoms with Gasteiger partial charge >= 0.3 is 0 Å². The average Bonchev–Trinajstić information content (AvgIpc) is 2.60. The van der Waals surface area contributed by atoms with Crippen LogP contribution >= 0.6 is 0 Å². The van der Waals surface area contributed by atoms with Gasteiger partial charge in [0.1, 0.15) is 0 Å². The highest BCUT2D eigenvalue weighted by Gasteiger charge is 2.18. The van der Waals surface area contributed by atoms with Gasteiger partial charge in [0.15, 0.2) is 0 Å². The number of sulfonamides is 1. The second-order valence-electron chi connectivity index (χ2n) is 6.76. The molecule has 0 radical (unpaired) electrons. The maximum atomic E-state index is 12.2. The van der Waals surface area contributed by atoms with Crippen LogP contribution in [0.4, 0.5) is 11.4 Å². The van der Waals surface area contributed by atoms with Gasteiger partial charge in [-0.2, -0.15) is 0 Å². The molecule has 1 amide bonds. The molecular weight excluding hydrogens is 362 g/mol. The van der Waals surface area contributed by atoms with Gasteiger partial charge in [-0.15, -0.1) is 0 Å². The van der Waals surface area contributed by atoms with E-state index in [0.717, 1.165) is 23.1 Å². The molecule has 0 fully saturated rings. The Labute approximate surface area is 161 Å². The van der Waals surface area contributed by atoms with Crippen molar-refractivity contribution in [2.24, 2.45) is 0 Å². The molecule has 27 heavy (non-hydrogen) atoms. The fourth-order valence-electron chi connectivity index (χ4n) is 2.60. The lowest BCUT2D eigenvalue weighted by Gasteiger charge is -2.23. The number of hydrogen-bond acceptors (Lipinski definition) is 4. The molecule has 2 rings (SSSR count). The van der Waals surface area contributed by atoms with Crippen molar-refractivity contribution >= 4 is 27.3 Å². The van der Waals surface area contributed by atoms with Crippen LogP contribution in [0.1, 0.15) is 17.5 Å². The minimum absolute atomic E-state index is 0.0916. The monoisotopic (exact) mass is 389 g/mol. The third-order valence-corrected chi connectivity index (χ3v) is 5.40. The minimum Gasteiger partial charge on any atom is -0.378 e. The van der Waals surface area contributed by atoms with Gasteiger partial charge in [-0.05, 0) is 36.8 Å². The van der Waals surface area contributed by atoms with Crippen molar-refractivity contribution in [3.05, 3.63) is 59.7 Å². The van der Waals surface area contributed by atoms with Crippen molar-refractivity contribution in [3.8, 4) is 0 Å². The van der Waals surface area contributed by atoms with E-state index in [0.29, 0.717) is 12.2 Å². The summed E-state index contributed by atoms with van der Waals surface area (Å²) in [6.45, 7) is 2.53. The highest BCUT2D eigenvalue weighted by Crippen LogP contribution is 2.21. The zero-order chi connectivity index (χ0) is 20.0. The zero-order valence-corrected chi connectivity index (χ0v) is 17.1. The Bertz CT molecular complexity index is 860. The molecule has 0 spiro atoms. The molecule has 0 heterocycles. The Balaban J connectivity index is 1.97. The van der Waals surface area contributed by atoms with E-state index in [-0.39, 0.29) is 18.9 Å². The van der Waals surface area contributed by atoms with Gasteiger partial charge in [0.05, 0.1) is 11.9 Å². The van der Waals surface area contributed by atoms with E-state index in [1.54, 1.807) is 12.1 Å². The van der Waals surface area contributed by atoms with Crippen LogP contribution in [0, 0.1) is 6.92 Å². The first-order chi connectivity index (χ1) is 12.7. The summed E-state index contributed by atoms with van der Waals surface area (Å²) in [7, 11) is 0.358. The topological polar surface area (TPSA) is 69.7 Å². The summed E-state index contributed by atoms with van der Waals surface area (Å²) in [6, 6.07) is 15.1. The first kappa shape index (κ1) is 20.8. The molecule has 0 aliphatic rings. The van der Waals surface area contributed by atoms with Crippen molar-refractivity contribution in [1.82, 2.24) is 5.32 Å². The molecule has 0 bridgehead atoms. The molecular formula is C20H27N3O3S. The number of carbonyl (C=O) groups is 1. The van der Waals surface area contributed by atoms with Gasteiger partial charge < -0.3 is 10.2 Å². The molecule has 0 unspecified atom stereocenters. The summed E-state index contributed by atoms with van der Waals surface area (Å²) in [4.78, 5) is 14.1. The van der Waals surface area contributed by atoms with Crippen molar-refractivity contribution in [2.75, 3.05) is 36.1 Å². The smallest absolute Gasteiger partial charge is 0.232 e. The van der Waals surface area contributed by atoms with Crippen molar-refractivity contribution in [2.45, 2.75) is 19.9 Å². The first-order valence-corrected chi connectivity index (χ1v) is 10.6. The SMILES string of the molecule is Cc1ccc(CNC(=O)CCN(c2ccc(N(C)C)cc2)S(C)(=O)=O)cc1. The molecule has 6 nitrogen and oxygen atoms in total. The first-order valence-electron chi connectivity index (χ1n) is 8.74. The van der Waals surface area contributed by atoms with Gasteiger partial charge in [0.2, 0.25) is 15.9 Å². The lowest BCUT2D eigenvalue weighted by molar-refractivity contribution is -0.121. The molecule has 146 valence electrons. The Morgan fingerprint density at radius 2 is 1.52 bits per heavy atom. The number of hydrogen-bond donors (Lipinski definition) is 1. The molecule has 0 aliphatic carbocycles. The third-order valence-electron chi connectivity index (χ3n) is 4.21. The average molecular weight is 390 g/mol. The van der Waals surface area contributed by atoms with E-state index in [1.807, 2.05) is 62.3 Å². The molecule has 2 aromatic rings. The van der Waals surface area contributed by atoms with Crippen molar-refractivity contribution in [1.29, 1.82) is 0 Å². The Morgan fingerprint density at radius 3 is 2.04 bits per heavy atom. The van der Waals surface area contributed by atoms with E-state index < -0.39 is 10.0 Å². The second kappa shape index (κ2) is 8.90. The lowest BCUT2D eigenvalue weighted by Crippen LogP contribution is -2.34. The number of aryl methyl sites for hydroxylation is 1. The maximum absolute atomic E-state index is 12.2. The van der Waals surface area contributed by atoms with E-state index in [2.05, 4.69) is 5.32 Å². The predicted molar refractivity (Wildman–Crippen MR) is 111 cm³/mol. The summed E-state index contributed by atoms with van der Waals surface area (Å²) in [5.74, 6) is -0.186. The Hall–Kier alpha value is -2.54. The maximum Gasteiger partial charge on any atom is 0.232 e. The summed E-state index contributed by atoms with van der Waals surface area (Å²) in [5.41, 5.74) is 3.69. The minimum atomic E-state index is -3.48. The van der Waals surface area contributed by atoms with Crippen LogP contribution < -0.4 is 14.5 Å². The van der Waals surface area contributed by atoms with Crippen LogP contribution in [0.3, 0.4) is 0 Å². The molecule has 0 saturated carbocycles. The van der Waals surface area contributed by atoms with Gasteiger partial charge in [-0.25, -0.2) is 8.42 Å². The molecule has 1 N–H and O–H groups in total. The quantitative estimate of drug-likeness (QED) is 0.753. The van der Waals surface area contributed by atoms with E-state index >= 15 is 0 Å². The van der Waals surface area contributed by atoms with Crippen LogP contribution in [0.25, 0.3) is 0 Å². The van der Waals surface area contributed by atoms with Crippen LogP contribution in [0.5, 0.6) is 0 Å². The highest BCUT2D eigenvalue weighted by molar-refractivity contribution is 7.92. The van der Waals surface area contributed by atoms with E-state index in [4.69, 9.17) is 0 Å². The number of nitrogens with one attached hydrogen (secondary N) is 1. The van der Waals surface area contributed by atoms with Crippen LogP contribution in [-0.4, -0.2) is 41.2 Å². The normalized spacial score (nSPS) is 11.1. The van der Waals surface area contributed by atoms with Crippen molar-refractivity contribution in [3.63, 3.8) is 0 Å². The predicted octanol–water partition coefficient (Wildman–Crippen LogP) is 2.53. The Morgan fingerprint density at radius 1 is 0.963 bits per heavy atom. The fourth-order valence-corrected chi connectivity index (χ4v) is 3.53. The Kier molecular flexibility index (Phi) is 6.85. The standard InChI is InChI=1S/C20H27N3O3S/c1-16-5-7-17(8-6-16)15-21-20(24)13-14-23(27(4,25)26)19-11-9-18(10-12-19)22(2)3/h5-12H,13-15H2,1-4H3,(H,21,24). The molecule has 0 saturated heterocycles. The molecule has 0 aromatic heterocycles. The number of nitrogens with zero attached hydrogens (tertiary/aromatic N) is 2. The van der Waals surface area contributed by atoms with Crippen LogP contribution in [0.15, 0.2) is 48.5 Å². The number of amides is 1. The van der Waals surface area contributed by atoms with Gasteiger partial charge in [0, 0.05) is 39.3 Å². The number of anilines is 2. The molecule has 0 atom stereocenters. The van der Waals surface area contributed by atoms with Crippen molar-refractivity contribution < 1.29 is 13.2 Å². The van der Waals surface area contributed by atoms with E-state index in [1.165, 1.54) is 4.31 Å². The fraction of sp³-hybridized carbons (Fsp3) is 0.350. The largest absolute Gasteiger partial charge is 0.378 e. The summed E-state index contributed by atoms with van der Waals surface area (Å²) < 4.78 is 25.6. The highest BCUT2D eigenvalue weighted by atomic mass is 32.2. The molecule has 7 heteroatoms. The third kappa shape index (κ3) is 6.29.